The molecule has 0 fully saturated rings. The van der Waals surface area contributed by atoms with Crippen molar-refractivity contribution in [2.75, 3.05) is 13.7 Å². The smallest absolute Gasteiger partial charge is 0.132 e. The van der Waals surface area contributed by atoms with Gasteiger partial charge in [0.25, 0.3) is 0 Å². The molecule has 102 valence electrons. The average molecular weight is 283 g/mol. The summed E-state index contributed by atoms with van der Waals surface area (Å²) in [5.41, 5.74) is 7.64. The first-order valence-corrected chi connectivity index (χ1v) is 7.35. The first kappa shape index (κ1) is 14.5. The van der Waals surface area contributed by atoms with Crippen molar-refractivity contribution in [3.63, 3.8) is 0 Å². The summed E-state index contributed by atoms with van der Waals surface area (Å²) in [6, 6.07) is 16.3. The zero-order valence-electron chi connectivity index (χ0n) is 11.4. The van der Waals surface area contributed by atoms with Crippen LogP contribution in [-0.4, -0.2) is 13.7 Å². The number of hydrogen-bond acceptors (Lipinski definition) is 3. The number of thioether (sulfide) groups is 1. The lowest BCUT2D eigenvalue weighted by molar-refractivity contribution is 0.405. The second-order valence-electron chi connectivity index (χ2n) is 4.15. The molecule has 0 atom stereocenters. The van der Waals surface area contributed by atoms with Gasteiger partial charge in [-0.15, -0.1) is 11.8 Å². The molecular formula is C17H17NOS. The van der Waals surface area contributed by atoms with Crippen molar-refractivity contribution in [2.24, 2.45) is 5.73 Å². The van der Waals surface area contributed by atoms with Crippen molar-refractivity contribution < 1.29 is 4.74 Å². The molecule has 0 saturated carbocycles. The number of ether oxygens (including phenoxy) is 1. The number of methoxy groups -OCH3 is 1. The molecule has 0 spiro atoms. The highest BCUT2D eigenvalue weighted by molar-refractivity contribution is 7.98. The first-order valence-electron chi connectivity index (χ1n) is 6.37. The molecule has 0 aliphatic rings. The Kier molecular flexibility index (Phi) is 5.55. The van der Waals surface area contributed by atoms with Crippen molar-refractivity contribution in [1.29, 1.82) is 0 Å². The molecule has 3 heteroatoms. The molecule has 2 rings (SSSR count). The van der Waals surface area contributed by atoms with E-state index in [-0.39, 0.29) is 0 Å². The van der Waals surface area contributed by atoms with Crippen LogP contribution in [0.1, 0.15) is 11.1 Å². The lowest BCUT2D eigenvalue weighted by Gasteiger charge is -2.07. The van der Waals surface area contributed by atoms with Crippen LogP contribution in [0.25, 0.3) is 0 Å². The van der Waals surface area contributed by atoms with E-state index in [1.165, 1.54) is 5.56 Å². The number of rotatable bonds is 4. The van der Waals surface area contributed by atoms with Crippen molar-refractivity contribution in [3.8, 4) is 17.6 Å². The van der Waals surface area contributed by atoms with Crippen LogP contribution >= 0.6 is 11.8 Å². The van der Waals surface area contributed by atoms with E-state index in [0.29, 0.717) is 6.54 Å². The van der Waals surface area contributed by atoms with Gasteiger partial charge in [-0.2, -0.15) is 0 Å². The third kappa shape index (κ3) is 4.06. The van der Waals surface area contributed by atoms with Crippen molar-refractivity contribution in [1.82, 2.24) is 0 Å². The predicted octanol–water partition coefficient (Wildman–Crippen LogP) is 3.30. The van der Waals surface area contributed by atoms with Gasteiger partial charge in [0.15, 0.2) is 0 Å². The minimum absolute atomic E-state index is 0.389. The van der Waals surface area contributed by atoms with Gasteiger partial charge in [-0.05, 0) is 29.8 Å². The number of nitrogens with two attached hydrogens (primary N) is 1. The number of para-hydroxylation sites is 1. The summed E-state index contributed by atoms with van der Waals surface area (Å²) in [7, 11) is 1.70. The van der Waals surface area contributed by atoms with E-state index < -0.39 is 0 Å². The maximum atomic E-state index is 5.39. The highest BCUT2D eigenvalue weighted by atomic mass is 32.2. The zero-order chi connectivity index (χ0) is 14.2. The second-order valence-corrected chi connectivity index (χ2v) is 5.16. The van der Waals surface area contributed by atoms with Crippen molar-refractivity contribution >= 4 is 11.8 Å². The standard InChI is InChI=1S/C17H17NOS/c1-19-16-9-2-3-10-17(16)20-13-15-7-4-6-14(12-15)8-5-11-18/h2-4,6-7,9-10,12H,11,13,18H2,1H3. The summed E-state index contributed by atoms with van der Waals surface area (Å²) in [6.07, 6.45) is 0. The highest BCUT2D eigenvalue weighted by Gasteiger charge is 2.03. The molecule has 0 aromatic heterocycles. The first-order chi connectivity index (χ1) is 9.83. The molecule has 2 aromatic carbocycles. The van der Waals surface area contributed by atoms with Crippen LogP contribution < -0.4 is 10.5 Å². The molecule has 2 aromatic rings. The molecule has 2 N–H and O–H groups in total. The summed E-state index contributed by atoms with van der Waals surface area (Å²) >= 11 is 1.76. The molecule has 0 bridgehead atoms. The van der Waals surface area contributed by atoms with Crippen LogP contribution in [0.3, 0.4) is 0 Å². The normalized spacial score (nSPS) is 9.70. The van der Waals surface area contributed by atoms with Gasteiger partial charge in [0.1, 0.15) is 5.75 Å². The molecule has 0 aliphatic carbocycles. The number of hydrogen-bond donors (Lipinski definition) is 1. The summed E-state index contributed by atoms with van der Waals surface area (Å²) in [4.78, 5) is 1.15. The van der Waals surface area contributed by atoms with Crippen LogP contribution in [0.2, 0.25) is 0 Å². The van der Waals surface area contributed by atoms with Crippen LogP contribution in [0.5, 0.6) is 5.75 Å². The fourth-order valence-electron chi connectivity index (χ4n) is 1.79. The fraction of sp³-hybridized carbons (Fsp3) is 0.176. The SMILES string of the molecule is COc1ccccc1SCc1cccc(C#CCN)c1. The van der Waals surface area contributed by atoms with Gasteiger partial charge in [0.2, 0.25) is 0 Å². The average Bonchev–Trinajstić information content (AvgIpc) is 2.51. The lowest BCUT2D eigenvalue weighted by atomic mass is 10.1. The van der Waals surface area contributed by atoms with Gasteiger partial charge in [0.05, 0.1) is 13.7 Å². The van der Waals surface area contributed by atoms with Gasteiger partial charge < -0.3 is 10.5 Å². The molecule has 0 radical (unpaired) electrons. The third-order valence-corrected chi connectivity index (χ3v) is 3.85. The topological polar surface area (TPSA) is 35.2 Å². The molecule has 20 heavy (non-hydrogen) atoms. The van der Waals surface area contributed by atoms with Crippen LogP contribution in [0, 0.1) is 11.8 Å². The largest absolute Gasteiger partial charge is 0.496 e. The van der Waals surface area contributed by atoms with Gasteiger partial charge in [-0.3, -0.25) is 0 Å². The molecule has 0 aliphatic heterocycles. The van der Waals surface area contributed by atoms with Gasteiger partial charge in [-0.1, -0.05) is 36.1 Å². The van der Waals surface area contributed by atoms with E-state index >= 15 is 0 Å². The molecule has 0 saturated heterocycles. The van der Waals surface area contributed by atoms with E-state index in [1.54, 1.807) is 18.9 Å². The third-order valence-electron chi connectivity index (χ3n) is 2.73. The summed E-state index contributed by atoms with van der Waals surface area (Å²) < 4.78 is 5.35. The molecular weight excluding hydrogens is 266 g/mol. The Morgan fingerprint density at radius 3 is 2.80 bits per heavy atom. The Labute approximate surface area is 124 Å². The summed E-state index contributed by atoms with van der Waals surface area (Å²) in [5, 5.41) is 0. The Bertz CT molecular complexity index is 628. The van der Waals surface area contributed by atoms with E-state index in [9.17, 15) is 0 Å². The minimum atomic E-state index is 0.389. The molecule has 0 amide bonds. The predicted molar refractivity (Wildman–Crippen MR) is 84.9 cm³/mol. The van der Waals surface area contributed by atoms with Crippen LogP contribution in [-0.2, 0) is 5.75 Å². The van der Waals surface area contributed by atoms with Gasteiger partial charge >= 0.3 is 0 Å². The Morgan fingerprint density at radius 1 is 1.15 bits per heavy atom. The molecule has 0 unspecified atom stereocenters. The quantitative estimate of drug-likeness (QED) is 0.691. The monoisotopic (exact) mass is 283 g/mol. The Morgan fingerprint density at radius 2 is 2.00 bits per heavy atom. The zero-order valence-corrected chi connectivity index (χ0v) is 12.2. The second kappa shape index (κ2) is 7.64. The van der Waals surface area contributed by atoms with Gasteiger partial charge in [0, 0.05) is 16.2 Å². The van der Waals surface area contributed by atoms with E-state index in [4.69, 9.17) is 10.5 Å². The van der Waals surface area contributed by atoms with E-state index in [0.717, 1.165) is 22.0 Å². The van der Waals surface area contributed by atoms with Gasteiger partial charge in [-0.25, -0.2) is 0 Å². The maximum absolute atomic E-state index is 5.39. The Balaban J connectivity index is 2.07. The number of benzene rings is 2. The van der Waals surface area contributed by atoms with E-state index in [2.05, 4.69) is 30.0 Å². The maximum Gasteiger partial charge on any atom is 0.132 e. The minimum Gasteiger partial charge on any atom is -0.496 e. The van der Waals surface area contributed by atoms with Crippen molar-refractivity contribution in [2.45, 2.75) is 10.6 Å². The van der Waals surface area contributed by atoms with Crippen LogP contribution in [0.15, 0.2) is 53.4 Å². The van der Waals surface area contributed by atoms with Crippen LogP contribution in [0.4, 0.5) is 0 Å². The highest BCUT2D eigenvalue weighted by Crippen LogP contribution is 2.31. The van der Waals surface area contributed by atoms with Crippen molar-refractivity contribution in [3.05, 3.63) is 59.7 Å². The van der Waals surface area contributed by atoms with E-state index in [1.807, 2.05) is 30.3 Å². The summed E-state index contributed by atoms with van der Waals surface area (Å²) in [6.45, 7) is 0.389. The fourth-order valence-corrected chi connectivity index (χ4v) is 2.76. The Hall–Kier alpha value is -1.89. The molecule has 2 nitrogen and oxygen atoms in total. The lowest BCUT2D eigenvalue weighted by Crippen LogP contribution is -1.93. The molecule has 0 heterocycles. The summed E-state index contributed by atoms with van der Waals surface area (Å²) in [5.74, 6) is 7.73.